The fraction of sp³-hybridized carbons (Fsp3) is 0.148. The fourth-order valence-corrected chi connectivity index (χ4v) is 5.50. The maximum Gasteiger partial charge on any atom is 0.301 e. The number of aliphatic hydroxyl groups is 1. The molecule has 37 heavy (non-hydrogen) atoms. The van der Waals surface area contributed by atoms with Gasteiger partial charge in [-0.05, 0) is 55.0 Å². The molecule has 1 amide bonds. The van der Waals surface area contributed by atoms with Crippen molar-refractivity contribution in [3.05, 3.63) is 82.4 Å². The number of aromatic hydroxyl groups is 1. The number of ketones is 1. The van der Waals surface area contributed by atoms with Crippen LogP contribution in [0, 0.1) is 0 Å². The third kappa shape index (κ3) is 4.36. The van der Waals surface area contributed by atoms with Crippen LogP contribution < -0.4 is 14.4 Å². The summed E-state index contributed by atoms with van der Waals surface area (Å²) in [6.45, 7) is 2.06. The van der Waals surface area contributed by atoms with E-state index in [0.717, 1.165) is 4.70 Å². The van der Waals surface area contributed by atoms with Crippen LogP contribution in [-0.4, -0.2) is 40.6 Å². The molecule has 3 aromatic carbocycles. The highest BCUT2D eigenvalue weighted by Gasteiger charge is 2.48. The predicted octanol–water partition coefficient (Wildman–Crippen LogP) is 5.69. The van der Waals surface area contributed by atoms with Gasteiger partial charge >= 0.3 is 5.91 Å². The van der Waals surface area contributed by atoms with Gasteiger partial charge in [0, 0.05) is 10.6 Å². The van der Waals surface area contributed by atoms with Crippen LogP contribution in [0.4, 0.5) is 5.13 Å². The van der Waals surface area contributed by atoms with Crippen LogP contribution in [0.15, 0.2) is 66.2 Å². The molecule has 5 rings (SSSR count). The number of hydrogen-bond donors (Lipinski definition) is 2. The molecule has 8 nitrogen and oxygen atoms in total. The summed E-state index contributed by atoms with van der Waals surface area (Å²) >= 11 is 7.34. The average Bonchev–Trinajstić information content (AvgIpc) is 3.42. The molecular formula is C27H21ClN2O6S. The monoisotopic (exact) mass is 536 g/mol. The number of fused-ring (bicyclic) bond motifs is 1. The van der Waals surface area contributed by atoms with Crippen LogP contribution in [0.25, 0.3) is 16.0 Å². The van der Waals surface area contributed by atoms with Crippen LogP contribution in [0.2, 0.25) is 5.02 Å². The van der Waals surface area contributed by atoms with E-state index in [2.05, 4.69) is 4.98 Å². The van der Waals surface area contributed by atoms with E-state index in [9.17, 15) is 19.8 Å². The Labute approximate surface area is 221 Å². The van der Waals surface area contributed by atoms with E-state index in [-0.39, 0.29) is 28.0 Å². The van der Waals surface area contributed by atoms with Gasteiger partial charge in [-0.2, -0.15) is 0 Å². The van der Waals surface area contributed by atoms with Gasteiger partial charge in [-0.1, -0.05) is 41.1 Å². The lowest BCUT2D eigenvalue weighted by molar-refractivity contribution is -0.132. The summed E-state index contributed by atoms with van der Waals surface area (Å²) < 4.78 is 11.5. The summed E-state index contributed by atoms with van der Waals surface area (Å²) in [5.41, 5.74) is 1.24. The van der Waals surface area contributed by atoms with Crippen LogP contribution in [-0.2, 0) is 9.59 Å². The maximum absolute atomic E-state index is 13.4. The van der Waals surface area contributed by atoms with Crippen molar-refractivity contribution in [3.63, 3.8) is 0 Å². The third-order valence-corrected chi connectivity index (χ3v) is 7.18. The number of ether oxygens (including phenoxy) is 2. The van der Waals surface area contributed by atoms with Crippen molar-refractivity contribution in [2.45, 2.75) is 13.0 Å². The van der Waals surface area contributed by atoms with E-state index in [4.69, 9.17) is 21.1 Å². The van der Waals surface area contributed by atoms with Crippen LogP contribution in [0.5, 0.6) is 17.2 Å². The second-order valence-corrected chi connectivity index (χ2v) is 9.62. The van der Waals surface area contributed by atoms with Crippen molar-refractivity contribution >= 4 is 55.7 Å². The average molecular weight is 537 g/mol. The smallest absolute Gasteiger partial charge is 0.301 e. The summed E-state index contributed by atoms with van der Waals surface area (Å²) in [4.78, 5) is 32.7. The molecule has 1 aliphatic rings. The number of carbonyl (C=O) groups excluding carboxylic acids is 2. The maximum atomic E-state index is 13.4. The number of halogens is 1. The quantitative estimate of drug-likeness (QED) is 0.185. The van der Waals surface area contributed by atoms with E-state index in [1.165, 1.54) is 29.4 Å². The summed E-state index contributed by atoms with van der Waals surface area (Å²) in [6, 6.07) is 15.2. The molecule has 10 heteroatoms. The van der Waals surface area contributed by atoms with E-state index in [0.29, 0.717) is 34.0 Å². The van der Waals surface area contributed by atoms with Crippen LogP contribution in [0.1, 0.15) is 24.1 Å². The molecule has 0 bridgehead atoms. The summed E-state index contributed by atoms with van der Waals surface area (Å²) in [5, 5.41) is 22.4. The molecule has 1 aliphatic heterocycles. The molecule has 2 heterocycles. The number of thiazole rings is 1. The minimum atomic E-state index is -1.04. The van der Waals surface area contributed by atoms with E-state index in [1.807, 2.05) is 0 Å². The predicted molar refractivity (Wildman–Crippen MR) is 142 cm³/mol. The molecule has 0 saturated carbocycles. The molecule has 2 N–H and O–H groups in total. The number of aromatic nitrogens is 1. The van der Waals surface area contributed by atoms with Crippen molar-refractivity contribution < 1.29 is 29.3 Å². The molecule has 0 radical (unpaired) electrons. The van der Waals surface area contributed by atoms with Crippen molar-refractivity contribution in [3.8, 4) is 17.2 Å². The number of phenols is 1. The number of nitrogens with zero attached hydrogens (tertiary/aromatic N) is 2. The highest BCUT2D eigenvalue weighted by Crippen LogP contribution is 2.46. The minimum absolute atomic E-state index is 0.0926. The van der Waals surface area contributed by atoms with Crippen LogP contribution >= 0.6 is 22.9 Å². The Balaban J connectivity index is 1.74. The normalized spacial score (nSPS) is 16.9. The zero-order valence-corrected chi connectivity index (χ0v) is 21.3. The van der Waals surface area contributed by atoms with Gasteiger partial charge in [0.25, 0.3) is 5.78 Å². The molecule has 1 aromatic heterocycles. The molecule has 1 atom stereocenters. The van der Waals surface area contributed by atoms with E-state index < -0.39 is 17.7 Å². The summed E-state index contributed by atoms with van der Waals surface area (Å²) in [6.07, 6.45) is 0. The first-order valence-electron chi connectivity index (χ1n) is 11.3. The molecule has 1 saturated heterocycles. The summed E-state index contributed by atoms with van der Waals surface area (Å²) in [7, 11) is 1.49. The minimum Gasteiger partial charge on any atom is -0.507 e. The molecule has 1 fully saturated rings. The van der Waals surface area contributed by atoms with Gasteiger partial charge in [0.15, 0.2) is 16.6 Å². The number of aliphatic hydroxyl groups excluding tert-OH is 1. The molecular weight excluding hydrogens is 516 g/mol. The fourth-order valence-electron chi connectivity index (χ4n) is 4.23. The highest BCUT2D eigenvalue weighted by atomic mass is 35.5. The number of amides is 1. The van der Waals surface area contributed by atoms with Crippen molar-refractivity contribution in [2.24, 2.45) is 0 Å². The topological polar surface area (TPSA) is 109 Å². The van der Waals surface area contributed by atoms with Gasteiger partial charge in [0.2, 0.25) is 0 Å². The Hall–Kier alpha value is -4.08. The number of methoxy groups -OCH3 is 1. The second-order valence-electron chi connectivity index (χ2n) is 8.17. The van der Waals surface area contributed by atoms with E-state index in [1.54, 1.807) is 61.5 Å². The molecule has 4 aromatic rings. The number of Topliss-reactive ketones (excluding diaryl/α,β-unsaturated/α-hetero) is 1. The van der Waals surface area contributed by atoms with Crippen LogP contribution in [0.3, 0.4) is 0 Å². The number of benzene rings is 3. The SMILES string of the molecule is CCOc1cc(C2/C(=C(\O)c3cccc(OC)c3)C(=O)C(=O)N2c2nc3ccc(Cl)cc3s2)ccc1O. The first kappa shape index (κ1) is 24.6. The Morgan fingerprint density at radius 3 is 2.70 bits per heavy atom. The number of anilines is 1. The van der Waals surface area contributed by atoms with Gasteiger partial charge in [-0.25, -0.2) is 4.98 Å². The Morgan fingerprint density at radius 1 is 1.14 bits per heavy atom. The van der Waals surface area contributed by atoms with E-state index >= 15 is 0 Å². The Kier molecular flexibility index (Phi) is 6.49. The zero-order valence-electron chi connectivity index (χ0n) is 19.8. The lowest BCUT2D eigenvalue weighted by atomic mass is 9.95. The second kappa shape index (κ2) is 9.76. The molecule has 1 unspecified atom stereocenters. The lowest BCUT2D eigenvalue weighted by Crippen LogP contribution is -2.29. The van der Waals surface area contributed by atoms with Gasteiger partial charge < -0.3 is 19.7 Å². The number of phenolic OH excluding ortho intramolecular Hbond substituents is 1. The lowest BCUT2D eigenvalue weighted by Gasteiger charge is -2.23. The molecule has 0 spiro atoms. The molecule has 188 valence electrons. The van der Waals surface area contributed by atoms with Gasteiger partial charge in [0.1, 0.15) is 11.5 Å². The first-order chi connectivity index (χ1) is 17.8. The zero-order chi connectivity index (χ0) is 26.3. The van der Waals surface area contributed by atoms with Crippen molar-refractivity contribution in [2.75, 3.05) is 18.6 Å². The van der Waals surface area contributed by atoms with Gasteiger partial charge in [0.05, 0.1) is 35.5 Å². The Bertz CT molecular complexity index is 1580. The third-order valence-electron chi connectivity index (χ3n) is 5.93. The standard InChI is InChI=1S/C27H21ClN2O6S/c1-3-36-20-12-14(7-10-19(20)31)23-22(24(32)15-5-4-6-17(11-15)35-2)25(33)26(34)30(23)27-29-18-9-8-16(28)13-21(18)37-27/h4-13,23,31-32H,3H2,1-2H3/b24-22+. The first-order valence-corrected chi connectivity index (χ1v) is 12.5. The largest absolute Gasteiger partial charge is 0.507 e. The van der Waals surface area contributed by atoms with Crippen molar-refractivity contribution in [1.82, 2.24) is 4.98 Å². The number of carbonyl (C=O) groups is 2. The van der Waals surface area contributed by atoms with Gasteiger partial charge in [-0.15, -0.1) is 0 Å². The number of hydrogen-bond acceptors (Lipinski definition) is 8. The number of rotatable bonds is 6. The van der Waals surface area contributed by atoms with Gasteiger partial charge in [-0.3, -0.25) is 14.5 Å². The highest BCUT2D eigenvalue weighted by molar-refractivity contribution is 7.22. The van der Waals surface area contributed by atoms with Crippen molar-refractivity contribution in [1.29, 1.82) is 0 Å². The summed E-state index contributed by atoms with van der Waals surface area (Å²) in [5.74, 6) is -1.51. The molecule has 0 aliphatic carbocycles. The Morgan fingerprint density at radius 2 is 1.95 bits per heavy atom.